The van der Waals surface area contributed by atoms with Gasteiger partial charge in [-0.1, -0.05) is 12.1 Å². The number of fused-ring (bicyclic) bond motifs is 1. The molecule has 0 heterocycles. The third kappa shape index (κ3) is 2.79. The Bertz CT molecular complexity index is 429. The van der Waals surface area contributed by atoms with Crippen molar-refractivity contribution >= 4 is 0 Å². The van der Waals surface area contributed by atoms with Crippen LogP contribution in [0, 0.1) is 5.92 Å². The van der Waals surface area contributed by atoms with Crippen LogP contribution in [0.2, 0.25) is 0 Å². The van der Waals surface area contributed by atoms with Crippen LogP contribution in [0.3, 0.4) is 0 Å². The molecular weight excluding hydrogens is 234 g/mol. The van der Waals surface area contributed by atoms with E-state index >= 15 is 0 Å². The molecule has 0 bridgehead atoms. The van der Waals surface area contributed by atoms with Gasteiger partial charge in [-0.2, -0.15) is 0 Å². The van der Waals surface area contributed by atoms with Crippen molar-refractivity contribution in [1.29, 1.82) is 0 Å². The molecule has 0 saturated heterocycles. The van der Waals surface area contributed by atoms with Crippen LogP contribution < -0.4 is 10.1 Å². The van der Waals surface area contributed by atoms with Crippen molar-refractivity contribution in [2.24, 2.45) is 5.92 Å². The highest BCUT2D eigenvalue weighted by Gasteiger charge is 2.29. The molecule has 19 heavy (non-hydrogen) atoms. The number of hydrogen-bond donors (Lipinski definition) is 1. The van der Waals surface area contributed by atoms with Crippen molar-refractivity contribution in [3.63, 3.8) is 0 Å². The van der Waals surface area contributed by atoms with E-state index in [2.05, 4.69) is 23.5 Å². The van der Waals surface area contributed by atoms with Crippen molar-refractivity contribution in [3.8, 4) is 5.75 Å². The lowest BCUT2D eigenvalue weighted by Gasteiger charge is -2.25. The lowest BCUT2D eigenvalue weighted by Crippen LogP contribution is -2.30. The lowest BCUT2D eigenvalue weighted by atomic mass is 9.91. The van der Waals surface area contributed by atoms with Crippen molar-refractivity contribution in [3.05, 3.63) is 29.3 Å². The smallest absolute Gasteiger partial charge is 0.123 e. The largest absolute Gasteiger partial charge is 0.490 e. The molecule has 2 atom stereocenters. The number of hydrogen-bond acceptors (Lipinski definition) is 2. The summed E-state index contributed by atoms with van der Waals surface area (Å²) in [5, 5.41) is 3.31. The Morgan fingerprint density at radius 3 is 2.95 bits per heavy atom. The fraction of sp³-hybridized carbons (Fsp3) is 0.647. The van der Waals surface area contributed by atoms with E-state index in [4.69, 9.17) is 4.74 Å². The van der Waals surface area contributed by atoms with Crippen LogP contribution >= 0.6 is 0 Å². The minimum atomic E-state index is 0.417. The van der Waals surface area contributed by atoms with Crippen molar-refractivity contribution in [2.45, 2.75) is 51.0 Å². The van der Waals surface area contributed by atoms with Crippen LogP contribution in [-0.4, -0.2) is 19.7 Å². The predicted molar refractivity (Wildman–Crippen MR) is 78.8 cm³/mol. The van der Waals surface area contributed by atoms with Crippen LogP contribution in [0.5, 0.6) is 5.75 Å². The molecule has 3 rings (SSSR count). The van der Waals surface area contributed by atoms with Gasteiger partial charge >= 0.3 is 0 Å². The van der Waals surface area contributed by atoms with E-state index in [1.165, 1.54) is 61.8 Å². The average molecular weight is 259 g/mol. The summed E-state index contributed by atoms with van der Waals surface area (Å²) in [5.41, 5.74) is 3.01. The highest BCUT2D eigenvalue weighted by Crippen LogP contribution is 2.34. The first-order chi connectivity index (χ1) is 9.38. The second-order valence-electron chi connectivity index (χ2n) is 6.01. The van der Waals surface area contributed by atoms with E-state index in [-0.39, 0.29) is 0 Å². The number of aryl methyl sites for hydroxylation is 1. The van der Waals surface area contributed by atoms with Gasteiger partial charge in [-0.05, 0) is 69.2 Å². The monoisotopic (exact) mass is 259 g/mol. The van der Waals surface area contributed by atoms with Gasteiger partial charge in [-0.3, -0.25) is 0 Å². The molecule has 1 fully saturated rings. The van der Waals surface area contributed by atoms with Gasteiger partial charge in [0.2, 0.25) is 0 Å². The molecule has 2 aliphatic carbocycles. The number of nitrogens with one attached hydrogen (secondary N) is 1. The van der Waals surface area contributed by atoms with E-state index in [1.807, 2.05) is 7.05 Å². The Labute approximate surface area is 116 Å². The number of benzene rings is 1. The first kappa shape index (κ1) is 13.0. The zero-order chi connectivity index (χ0) is 13.1. The summed E-state index contributed by atoms with van der Waals surface area (Å²) in [4.78, 5) is 0. The quantitative estimate of drug-likeness (QED) is 0.895. The lowest BCUT2D eigenvalue weighted by molar-refractivity contribution is 0.156. The van der Waals surface area contributed by atoms with E-state index in [9.17, 15) is 0 Å². The first-order valence-electron chi connectivity index (χ1n) is 7.80. The minimum absolute atomic E-state index is 0.417. The summed E-state index contributed by atoms with van der Waals surface area (Å²) >= 11 is 0. The van der Waals surface area contributed by atoms with Gasteiger partial charge in [0.25, 0.3) is 0 Å². The zero-order valence-corrected chi connectivity index (χ0v) is 12.0. The Kier molecular flexibility index (Phi) is 4.07. The molecule has 2 nitrogen and oxygen atoms in total. The Balaban J connectivity index is 1.76. The molecule has 0 amide bonds. The van der Waals surface area contributed by atoms with Crippen LogP contribution in [0.4, 0.5) is 0 Å². The van der Waals surface area contributed by atoms with E-state index < -0.39 is 0 Å². The SMILES string of the molecule is CNCC1CCCC1Oc1cccc2c1CCCC2. The molecule has 2 heteroatoms. The zero-order valence-electron chi connectivity index (χ0n) is 12.0. The molecular formula is C17H25NO. The molecule has 104 valence electrons. The Morgan fingerprint density at radius 1 is 1.16 bits per heavy atom. The standard InChI is InChI=1S/C17H25NO/c1-18-12-14-8-5-10-16(14)19-17-11-4-7-13-6-2-3-9-15(13)17/h4,7,11,14,16,18H,2-3,5-6,8-10,12H2,1H3. The van der Waals surface area contributed by atoms with Crippen molar-refractivity contribution in [2.75, 3.05) is 13.6 Å². The third-order valence-corrected chi connectivity index (χ3v) is 4.69. The van der Waals surface area contributed by atoms with Crippen LogP contribution in [0.25, 0.3) is 0 Å². The fourth-order valence-electron chi connectivity index (χ4n) is 3.67. The second kappa shape index (κ2) is 5.96. The summed E-state index contributed by atoms with van der Waals surface area (Å²) in [6.07, 6.45) is 9.34. The topological polar surface area (TPSA) is 21.3 Å². The summed E-state index contributed by atoms with van der Waals surface area (Å²) in [5.74, 6) is 1.86. The van der Waals surface area contributed by atoms with Crippen LogP contribution in [-0.2, 0) is 12.8 Å². The highest BCUT2D eigenvalue weighted by atomic mass is 16.5. The normalized spacial score (nSPS) is 26.2. The molecule has 0 aliphatic heterocycles. The average Bonchev–Trinajstić information content (AvgIpc) is 2.87. The highest BCUT2D eigenvalue weighted by molar-refractivity contribution is 5.41. The molecule has 2 aliphatic rings. The van der Waals surface area contributed by atoms with E-state index in [0.29, 0.717) is 12.0 Å². The fourth-order valence-corrected chi connectivity index (χ4v) is 3.67. The molecule has 0 radical (unpaired) electrons. The van der Waals surface area contributed by atoms with E-state index in [0.717, 1.165) is 6.54 Å². The van der Waals surface area contributed by atoms with Gasteiger partial charge in [0.05, 0.1) is 0 Å². The Hall–Kier alpha value is -1.02. The van der Waals surface area contributed by atoms with Crippen molar-refractivity contribution in [1.82, 2.24) is 5.32 Å². The molecule has 0 aromatic heterocycles. The number of ether oxygens (including phenoxy) is 1. The molecule has 0 spiro atoms. The molecule has 1 saturated carbocycles. The maximum absolute atomic E-state index is 6.40. The van der Waals surface area contributed by atoms with Gasteiger partial charge in [-0.25, -0.2) is 0 Å². The Morgan fingerprint density at radius 2 is 2.05 bits per heavy atom. The number of rotatable bonds is 4. The summed E-state index contributed by atoms with van der Waals surface area (Å²) < 4.78 is 6.40. The molecule has 1 N–H and O–H groups in total. The maximum atomic E-state index is 6.40. The minimum Gasteiger partial charge on any atom is -0.490 e. The summed E-state index contributed by atoms with van der Waals surface area (Å²) in [6.45, 7) is 1.08. The van der Waals surface area contributed by atoms with E-state index in [1.54, 1.807) is 0 Å². The van der Waals surface area contributed by atoms with Gasteiger partial charge in [-0.15, -0.1) is 0 Å². The second-order valence-corrected chi connectivity index (χ2v) is 6.01. The summed E-state index contributed by atoms with van der Waals surface area (Å²) in [6, 6.07) is 6.63. The molecule has 1 aromatic rings. The third-order valence-electron chi connectivity index (χ3n) is 4.69. The van der Waals surface area contributed by atoms with Crippen LogP contribution in [0.15, 0.2) is 18.2 Å². The van der Waals surface area contributed by atoms with Gasteiger partial charge < -0.3 is 10.1 Å². The van der Waals surface area contributed by atoms with Gasteiger partial charge in [0.15, 0.2) is 0 Å². The van der Waals surface area contributed by atoms with Crippen LogP contribution in [0.1, 0.15) is 43.2 Å². The molecule has 2 unspecified atom stereocenters. The van der Waals surface area contributed by atoms with Crippen molar-refractivity contribution < 1.29 is 4.74 Å². The first-order valence-corrected chi connectivity index (χ1v) is 7.80. The predicted octanol–water partition coefficient (Wildman–Crippen LogP) is 3.33. The van der Waals surface area contributed by atoms with Gasteiger partial charge in [0.1, 0.15) is 11.9 Å². The summed E-state index contributed by atoms with van der Waals surface area (Å²) in [7, 11) is 2.04. The maximum Gasteiger partial charge on any atom is 0.123 e. The van der Waals surface area contributed by atoms with Gasteiger partial charge in [0, 0.05) is 12.5 Å². The molecule has 1 aromatic carbocycles.